The van der Waals surface area contributed by atoms with Crippen LogP contribution in [0.1, 0.15) is 15.9 Å². The Morgan fingerprint density at radius 2 is 1.73 bits per heavy atom. The van der Waals surface area contributed by atoms with Crippen LogP contribution in [0.4, 0.5) is 10.8 Å². The van der Waals surface area contributed by atoms with E-state index in [9.17, 15) is 13.2 Å². The molecule has 0 N–H and O–H groups in total. The lowest BCUT2D eigenvalue weighted by molar-refractivity contribution is 0.0985. The number of sulfonamides is 1. The molecule has 2 heterocycles. The van der Waals surface area contributed by atoms with Crippen LogP contribution in [0.2, 0.25) is 0 Å². The van der Waals surface area contributed by atoms with Crippen LogP contribution in [0.25, 0.3) is 10.2 Å². The molecule has 0 aliphatic carbocycles. The molecule has 0 aliphatic rings. The van der Waals surface area contributed by atoms with Crippen molar-refractivity contribution in [3.63, 3.8) is 0 Å². The van der Waals surface area contributed by atoms with Crippen molar-refractivity contribution < 1.29 is 13.2 Å². The van der Waals surface area contributed by atoms with Crippen molar-refractivity contribution in [3.05, 3.63) is 113 Å². The summed E-state index contributed by atoms with van der Waals surface area (Å²) in [4.78, 5) is 24.3. The van der Waals surface area contributed by atoms with Gasteiger partial charge in [0, 0.05) is 29.5 Å². The smallest absolute Gasteiger partial charge is 0.264 e. The number of thiazole rings is 1. The van der Waals surface area contributed by atoms with Gasteiger partial charge >= 0.3 is 0 Å². The number of halogens is 1. The van der Waals surface area contributed by atoms with E-state index in [1.807, 2.05) is 36.4 Å². The highest BCUT2D eigenvalue weighted by Gasteiger charge is 2.25. The maximum Gasteiger partial charge on any atom is 0.264 e. The van der Waals surface area contributed by atoms with Gasteiger partial charge in [0.15, 0.2) is 5.13 Å². The molecule has 3 aromatic carbocycles. The fraction of sp³-hybridized carbons (Fsp3) is 0.0741. The van der Waals surface area contributed by atoms with E-state index in [0.717, 1.165) is 20.3 Å². The Labute approximate surface area is 227 Å². The second-order valence-corrected chi connectivity index (χ2v) is 12.1. The molecule has 0 saturated heterocycles. The number of fused-ring (bicyclic) bond motifs is 1. The lowest BCUT2D eigenvalue weighted by atomic mass is 10.2. The van der Waals surface area contributed by atoms with Gasteiger partial charge in [-0.25, -0.2) is 13.4 Å². The Bertz CT molecular complexity index is 1660. The molecule has 1 amide bonds. The first kappa shape index (κ1) is 25.1. The molecule has 0 bridgehead atoms. The van der Waals surface area contributed by atoms with E-state index >= 15 is 0 Å². The van der Waals surface area contributed by atoms with Crippen LogP contribution in [0.5, 0.6) is 0 Å². The summed E-state index contributed by atoms with van der Waals surface area (Å²) in [6, 6.07) is 24.3. The standard InChI is InChI=1S/C27H21BrN4O3S2/c1-31(22-7-3-2-4-8-22)37(34,35)23-12-9-20(10-13-23)26(33)32(18-19-6-5-15-29-17-19)27-30-24-14-11-21(28)16-25(24)36-27/h2-17H,18H2,1H3. The molecular weight excluding hydrogens is 572 g/mol. The number of benzene rings is 3. The summed E-state index contributed by atoms with van der Waals surface area (Å²) < 4.78 is 29.4. The van der Waals surface area contributed by atoms with Crippen molar-refractivity contribution in [3.8, 4) is 0 Å². The van der Waals surface area contributed by atoms with Crippen molar-refractivity contribution in [2.45, 2.75) is 11.4 Å². The average Bonchev–Trinajstić information content (AvgIpc) is 3.35. The topological polar surface area (TPSA) is 83.5 Å². The summed E-state index contributed by atoms with van der Waals surface area (Å²) in [6.45, 7) is 0.268. The number of hydrogen-bond acceptors (Lipinski definition) is 6. The molecule has 2 aromatic heterocycles. The molecule has 7 nitrogen and oxygen atoms in total. The summed E-state index contributed by atoms with van der Waals surface area (Å²) in [5.41, 5.74) is 2.54. The lowest BCUT2D eigenvalue weighted by Crippen LogP contribution is -2.30. The molecule has 186 valence electrons. The van der Waals surface area contributed by atoms with Crippen LogP contribution in [-0.4, -0.2) is 31.3 Å². The lowest BCUT2D eigenvalue weighted by Gasteiger charge is -2.21. The number of amides is 1. The largest absolute Gasteiger partial charge is 0.279 e. The van der Waals surface area contributed by atoms with Crippen LogP contribution in [0.3, 0.4) is 0 Å². The van der Waals surface area contributed by atoms with Gasteiger partial charge in [0.25, 0.3) is 15.9 Å². The van der Waals surface area contributed by atoms with E-state index in [-0.39, 0.29) is 17.3 Å². The molecular formula is C27H21BrN4O3S2. The Kier molecular flexibility index (Phi) is 7.05. The zero-order chi connectivity index (χ0) is 26.0. The summed E-state index contributed by atoms with van der Waals surface area (Å²) in [5, 5.41) is 0.544. The number of aromatic nitrogens is 2. The maximum absolute atomic E-state index is 13.7. The molecule has 0 spiro atoms. The molecule has 0 aliphatic heterocycles. The third-order valence-electron chi connectivity index (χ3n) is 5.76. The van der Waals surface area contributed by atoms with Crippen LogP contribution in [0, 0.1) is 0 Å². The van der Waals surface area contributed by atoms with Crippen molar-refractivity contribution in [1.82, 2.24) is 9.97 Å². The number of rotatable bonds is 7. The predicted octanol–water partition coefficient (Wildman–Crippen LogP) is 6.13. The van der Waals surface area contributed by atoms with Gasteiger partial charge in [-0.15, -0.1) is 0 Å². The molecule has 0 radical (unpaired) electrons. The van der Waals surface area contributed by atoms with Crippen LogP contribution in [0.15, 0.2) is 107 Å². The highest BCUT2D eigenvalue weighted by molar-refractivity contribution is 9.10. The van der Waals surface area contributed by atoms with Gasteiger partial charge in [0.2, 0.25) is 0 Å². The minimum Gasteiger partial charge on any atom is -0.279 e. The molecule has 0 unspecified atom stereocenters. The molecule has 0 atom stereocenters. The summed E-state index contributed by atoms with van der Waals surface area (Å²) >= 11 is 4.90. The number of carbonyl (C=O) groups excluding carboxylic acids is 1. The van der Waals surface area contributed by atoms with E-state index in [0.29, 0.717) is 16.4 Å². The van der Waals surface area contributed by atoms with Gasteiger partial charge in [0.1, 0.15) is 0 Å². The number of nitrogens with zero attached hydrogens (tertiary/aromatic N) is 4. The van der Waals surface area contributed by atoms with Gasteiger partial charge in [-0.1, -0.05) is 51.5 Å². The maximum atomic E-state index is 13.7. The van der Waals surface area contributed by atoms with Crippen molar-refractivity contribution in [2.24, 2.45) is 0 Å². The van der Waals surface area contributed by atoms with Gasteiger partial charge in [0.05, 0.1) is 27.3 Å². The van der Waals surface area contributed by atoms with Crippen LogP contribution < -0.4 is 9.21 Å². The minimum absolute atomic E-state index is 0.0963. The number of anilines is 2. The molecule has 0 fully saturated rings. The minimum atomic E-state index is -3.79. The number of para-hydroxylation sites is 1. The Morgan fingerprint density at radius 1 is 0.973 bits per heavy atom. The highest BCUT2D eigenvalue weighted by Crippen LogP contribution is 2.33. The quantitative estimate of drug-likeness (QED) is 0.227. The molecule has 5 aromatic rings. The van der Waals surface area contributed by atoms with E-state index < -0.39 is 10.0 Å². The van der Waals surface area contributed by atoms with Gasteiger partial charge in [-0.2, -0.15) is 0 Å². The first-order chi connectivity index (χ1) is 17.8. The van der Waals surface area contributed by atoms with E-state index in [1.165, 1.54) is 47.0 Å². The fourth-order valence-corrected chi connectivity index (χ4v) is 6.47. The molecule has 37 heavy (non-hydrogen) atoms. The van der Waals surface area contributed by atoms with E-state index in [4.69, 9.17) is 4.98 Å². The third kappa shape index (κ3) is 5.27. The number of pyridine rings is 1. The molecule has 10 heteroatoms. The van der Waals surface area contributed by atoms with E-state index in [1.54, 1.807) is 41.6 Å². The van der Waals surface area contributed by atoms with Crippen molar-refractivity contribution >= 4 is 64.2 Å². The van der Waals surface area contributed by atoms with E-state index in [2.05, 4.69) is 20.9 Å². The SMILES string of the molecule is CN(c1ccccc1)S(=O)(=O)c1ccc(C(=O)N(Cc2cccnc2)c2nc3ccc(Br)cc3s2)cc1. The zero-order valence-corrected chi connectivity index (χ0v) is 22.9. The van der Waals surface area contributed by atoms with Gasteiger partial charge in [-0.05, 0) is 66.2 Å². The Balaban J connectivity index is 1.47. The monoisotopic (exact) mass is 592 g/mol. The zero-order valence-electron chi connectivity index (χ0n) is 19.7. The first-order valence-electron chi connectivity index (χ1n) is 11.2. The number of carbonyl (C=O) groups is 1. The summed E-state index contributed by atoms with van der Waals surface area (Å²) in [7, 11) is -2.29. The number of hydrogen-bond donors (Lipinski definition) is 0. The first-order valence-corrected chi connectivity index (χ1v) is 14.3. The second-order valence-electron chi connectivity index (χ2n) is 8.19. The van der Waals surface area contributed by atoms with Crippen molar-refractivity contribution in [2.75, 3.05) is 16.3 Å². The summed E-state index contributed by atoms with van der Waals surface area (Å²) in [6.07, 6.45) is 3.38. The fourth-order valence-electron chi connectivity index (χ4n) is 3.76. The molecule has 5 rings (SSSR count). The van der Waals surface area contributed by atoms with Gasteiger partial charge < -0.3 is 0 Å². The molecule has 0 saturated carbocycles. The normalized spacial score (nSPS) is 11.4. The Hall–Kier alpha value is -3.60. The summed E-state index contributed by atoms with van der Waals surface area (Å²) in [5.74, 6) is -0.290. The third-order valence-corrected chi connectivity index (χ3v) is 9.09. The average molecular weight is 594 g/mol. The van der Waals surface area contributed by atoms with Crippen LogP contribution in [-0.2, 0) is 16.6 Å². The van der Waals surface area contributed by atoms with Gasteiger partial charge in [-0.3, -0.25) is 19.0 Å². The Morgan fingerprint density at radius 3 is 2.43 bits per heavy atom. The highest BCUT2D eigenvalue weighted by atomic mass is 79.9. The van der Waals surface area contributed by atoms with Crippen molar-refractivity contribution in [1.29, 1.82) is 0 Å². The van der Waals surface area contributed by atoms with Crippen LogP contribution >= 0.6 is 27.3 Å². The predicted molar refractivity (Wildman–Crippen MR) is 151 cm³/mol. The second kappa shape index (κ2) is 10.4.